The van der Waals surface area contributed by atoms with Gasteiger partial charge < -0.3 is 9.47 Å². The van der Waals surface area contributed by atoms with Crippen LogP contribution in [0.5, 0.6) is 11.5 Å². The minimum atomic E-state index is -0.218. The molecule has 1 N–H and O–H groups in total. The monoisotopic (exact) mass is 383 g/mol. The Hall–Kier alpha value is -1.47. The van der Waals surface area contributed by atoms with Crippen LogP contribution in [0.4, 0.5) is 0 Å². The Labute approximate surface area is 159 Å². The normalized spacial score (nSPS) is 20.0. The van der Waals surface area contributed by atoms with Crippen molar-refractivity contribution in [3.05, 3.63) is 23.8 Å². The Balaban J connectivity index is 2.34. The summed E-state index contributed by atoms with van der Waals surface area (Å²) in [5, 5.41) is 10.8. The van der Waals surface area contributed by atoms with Gasteiger partial charge in [0.05, 0.1) is 14.2 Å². The van der Waals surface area contributed by atoms with Gasteiger partial charge in [-0.3, -0.25) is 10.1 Å². The van der Waals surface area contributed by atoms with E-state index in [9.17, 15) is 5.21 Å². The number of unbranched alkanes of at least 4 members (excludes halogenated alkanes) is 1. The van der Waals surface area contributed by atoms with E-state index in [1.54, 1.807) is 32.2 Å². The van der Waals surface area contributed by atoms with E-state index in [2.05, 4.69) is 25.7 Å². The molecule has 0 aromatic heterocycles. The van der Waals surface area contributed by atoms with E-state index in [1.807, 2.05) is 18.2 Å². The zero-order valence-corrected chi connectivity index (χ0v) is 17.1. The smallest absolute Gasteiger partial charge is 0.292 e. The highest BCUT2D eigenvalue weighted by atomic mass is 32.2. The fraction of sp³-hybridized carbons (Fsp3) is 0.556. The third kappa shape index (κ3) is 4.39. The van der Waals surface area contributed by atoms with Crippen LogP contribution in [-0.4, -0.2) is 57.1 Å². The van der Waals surface area contributed by atoms with Gasteiger partial charge >= 0.3 is 0 Å². The van der Waals surface area contributed by atoms with Crippen molar-refractivity contribution in [1.29, 1.82) is 0 Å². The Morgan fingerprint density at radius 2 is 2.00 bits per heavy atom. The summed E-state index contributed by atoms with van der Waals surface area (Å²) < 4.78 is 12.5. The molecule has 1 atom stereocenters. The van der Waals surface area contributed by atoms with Gasteiger partial charge in [0.25, 0.3) is 6.17 Å². The fourth-order valence-electron chi connectivity index (χ4n) is 2.97. The molecular weight excluding hydrogens is 356 g/mol. The Morgan fingerprint density at radius 3 is 2.60 bits per heavy atom. The van der Waals surface area contributed by atoms with E-state index >= 15 is 0 Å². The summed E-state index contributed by atoms with van der Waals surface area (Å²) in [6.07, 6.45) is 3.62. The van der Waals surface area contributed by atoms with Gasteiger partial charge in [-0.1, -0.05) is 37.3 Å². The maximum Gasteiger partial charge on any atom is 0.292 e. The summed E-state index contributed by atoms with van der Waals surface area (Å²) in [7, 11) is 3.20. The molecule has 0 amide bonds. The van der Waals surface area contributed by atoms with Crippen LogP contribution in [-0.2, 0) is 0 Å². The third-order valence-corrected chi connectivity index (χ3v) is 5.82. The van der Waals surface area contributed by atoms with Gasteiger partial charge in [-0.2, -0.15) is 0 Å². The van der Waals surface area contributed by atoms with Gasteiger partial charge in [0, 0.05) is 12.1 Å². The van der Waals surface area contributed by atoms with Crippen molar-refractivity contribution in [1.82, 2.24) is 4.90 Å². The zero-order valence-electron chi connectivity index (χ0n) is 15.5. The average molecular weight is 384 g/mol. The lowest BCUT2D eigenvalue weighted by molar-refractivity contribution is -0.808. The lowest BCUT2D eigenvalue weighted by Gasteiger charge is -2.25. The largest absolute Gasteiger partial charge is 0.493 e. The molecule has 1 heterocycles. The van der Waals surface area contributed by atoms with Crippen LogP contribution in [0.15, 0.2) is 18.2 Å². The van der Waals surface area contributed by atoms with Crippen molar-refractivity contribution in [3.63, 3.8) is 0 Å². The second kappa shape index (κ2) is 8.27. The predicted molar refractivity (Wildman–Crippen MR) is 106 cm³/mol. The van der Waals surface area contributed by atoms with E-state index in [4.69, 9.17) is 21.7 Å². The molecular formula is C18H27N2O3S2+. The van der Waals surface area contributed by atoms with Gasteiger partial charge in [-0.15, -0.1) is 0 Å². The van der Waals surface area contributed by atoms with Crippen molar-refractivity contribution >= 4 is 34.5 Å². The second-order valence-corrected chi connectivity index (χ2v) is 8.80. The summed E-state index contributed by atoms with van der Waals surface area (Å²) in [6.45, 7) is 7.20. The summed E-state index contributed by atoms with van der Waals surface area (Å²) >= 11 is 7.17. The topological polar surface area (TPSA) is 44.9 Å². The number of thiocarbonyl (C=S) groups is 1. The number of nitrogens with zero attached hydrogens (tertiary/aromatic N) is 2. The number of ether oxygens (including phenoxy) is 2. The molecule has 1 aliphatic rings. The second-order valence-electron chi connectivity index (χ2n) is 6.52. The van der Waals surface area contributed by atoms with Gasteiger partial charge in [0.1, 0.15) is 9.07 Å². The molecule has 1 aromatic rings. The highest BCUT2D eigenvalue weighted by Crippen LogP contribution is 2.41. The summed E-state index contributed by atoms with van der Waals surface area (Å²) in [5.74, 6) is 1.29. The molecule has 1 fully saturated rings. The number of hydrogen-bond donors (Lipinski definition) is 1. The number of rotatable bonds is 7. The van der Waals surface area contributed by atoms with Crippen LogP contribution in [0.2, 0.25) is 0 Å². The predicted octanol–water partition coefficient (Wildman–Crippen LogP) is 3.76. The Morgan fingerprint density at radius 1 is 1.32 bits per heavy atom. The molecule has 1 aromatic carbocycles. The highest BCUT2D eigenvalue weighted by Gasteiger charge is 2.52. The molecule has 7 heteroatoms. The minimum absolute atomic E-state index is 0.216. The maximum absolute atomic E-state index is 10.8. The number of methoxy groups -OCH3 is 2. The first-order chi connectivity index (χ1) is 11.8. The number of hydroxylamine groups is 1. The molecule has 5 nitrogen and oxygen atoms in total. The van der Waals surface area contributed by atoms with Crippen molar-refractivity contribution in [2.75, 3.05) is 20.8 Å². The number of thioether (sulfide) groups is 1. The van der Waals surface area contributed by atoms with Gasteiger partial charge in [0.15, 0.2) is 11.5 Å². The molecule has 0 aliphatic carbocycles. The molecule has 25 heavy (non-hydrogen) atoms. The summed E-state index contributed by atoms with van der Waals surface area (Å²) in [5.41, 5.74) is 0.828. The van der Waals surface area contributed by atoms with Crippen LogP contribution in [0.1, 0.15) is 39.2 Å². The lowest BCUT2D eigenvalue weighted by Crippen LogP contribution is -2.49. The first-order valence-corrected chi connectivity index (χ1v) is 9.60. The lowest BCUT2D eigenvalue weighted by atomic mass is 10.1. The summed E-state index contributed by atoms with van der Waals surface area (Å²) in [6, 6.07) is 5.55. The van der Waals surface area contributed by atoms with Crippen molar-refractivity contribution < 1.29 is 19.4 Å². The molecule has 2 rings (SSSR count). The van der Waals surface area contributed by atoms with Gasteiger partial charge in [-0.05, 0) is 43.2 Å². The summed E-state index contributed by atoms with van der Waals surface area (Å²) in [4.78, 5) is 2.11. The van der Waals surface area contributed by atoms with Gasteiger partial charge in [-0.25, -0.2) is 0 Å². The average Bonchev–Trinajstić information content (AvgIpc) is 2.80. The SMILES string of the molecule is CCCCN1C(=S)SC(C)(C)C1[N+](O)=Cc1ccc(OC)c(OC)c1. The van der Waals surface area contributed by atoms with Crippen molar-refractivity contribution in [2.45, 2.75) is 44.5 Å². The van der Waals surface area contributed by atoms with E-state index in [-0.39, 0.29) is 10.9 Å². The van der Waals surface area contributed by atoms with E-state index in [1.165, 1.54) is 4.74 Å². The van der Waals surface area contributed by atoms with E-state index < -0.39 is 0 Å². The van der Waals surface area contributed by atoms with Crippen LogP contribution >= 0.6 is 24.0 Å². The number of benzene rings is 1. The first-order valence-electron chi connectivity index (χ1n) is 8.37. The zero-order chi connectivity index (χ0) is 18.6. The van der Waals surface area contributed by atoms with Crippen molar-refractivity contribution in [2.24, 2.45) is 0 Å². The van der Waals surface area contributed by atoms with Crippen LogP contribution in [0.25, 0.3) is 0 Å². The molecule has 0 bridgehead atoms. The van der Waals surface area contributed by atoms with E-state index in [0.717, 1.165) is 29.3 Å². The molecule has 1 unspecified atom stereocenters. The minimum Gasteiger partial charge on any atom is -0.493 e. The maximum atomic E-state index is 10.8. The molecule has 138 valence electrons. The Kier molecular flexibility index (Phi) is 6.57. The molecule has 0 radical (unpaired) electrons. The van der Waals surface area contributed by atoms with Crippen LogP contribution in [0, 0.1) is 0 Å². The number of hydrogen-bond acceptors (Lipinski definition) is 5. The molecule has 0 spiro atoms. The molecule has 0 saturated carbocycles. The molecule has 1 aliphatic heterocycles. The quantitative estimate of drug-likeness (QED) is 0.254. The highest BCUT2D eigenvalue weighted by molar-refractivity contribution is 8.24. The Bertz CT molecular complexity index is 662. The fourth-order valence-corrected chi connectivity index (χ4v) is 4.91. The van der Waals surface area contributed by atoms with Gasteiger partial charge in [0.2, 0.25) is 6.21 Å². The van der Waals surface area contributed by atoms with Crippen LogP contribution < -0.4 is 9.47 Å². The van der Waals surface area contributed by atoms with Crippen molar-refractivity contribution in [3.8, 4) is 11.5 Å². The third-order valence-electron chi connectivity index (χ3n) is 4.19. The van der Waals surface area contributed by atoms with E-state index in [0.29, 0.717) is 11.5 Å². The van der Waals surface area contributed by atoms with Crippen LogP contribution in [0.3, 0.4) is 0 Å². The first kappa shape index (κ1) is 19.8. The molecule has 1 saturated heterocycles. The standard InChI is InChI=1S/C18H27N2O3S2/c1-6-7-10-19-16(18(2,3)25-17(19)24)20(21)12-13-8-9-14(22-4)15(11-13)23-5/h8-9,11-12,16,21H,6-7,10H2,1-5H3/q+1.